The highest BCUT2D eigenvalue weighted by Crippen LogP contribution is 2.32. The highest BCUT2D eigenvalue weighted by molar-refractivity contribution is 5.31. The van der Waals surface area contributed by atoms with Gasteiger partial charge in [-0.3, -0.25) is 0 Å². The van der Waals surface area contributed by atoms with Crippen molar-refractivity contribution < 1.29 is 9.13 Å². The van der Waals surface area contributed by atoms with Gasteiger partial charge in [-0.05, 0) is 55.7 Å². The molecule has 0 radical (unpaired) electrons. The Morgan fingerprint density at radius 1 is 1.26 bits per heavy atom. The van der Waals surface area contributed by atoms with Gasteiger partial charge in [0.05, 0.1) is 6.10 Å². The first-order valence-corrected chi connectivity index (χ1v) is 7.19. The molecule has 1 aromatic carbocycles. The zero-order chi connectivity index (χ0) is 14.0. The molecule has 1 aliphatic carbocycles. The summed E-state index contributed by atoms with van der Waals surface area (Å²) in [7, 11) is 0. The predicted molar refractivity (Wildman–Crippen MR) is 75.6 cm³/mol. The number of rotatable bonds is 3. The minimum absolute atomic E-state index is 0.141. The van der Waals surface area contributed by atoms with E-state index >= 15 is 0 Å². The number of hydrogen-bond donors (Lipinski definition) is 1. The molecule has 0 aromatic heterocycles. The minimum Gasteiger partial charge on any atom is -0.487 e. The lowest BCUT2D eigenvalue weighted by atomic mass is 9.80. The molecule has 1 aromatic rings. The van der Waals surface area contributed by atoms with E-state index in [1.807, 2.05) is 13.0 Å². The molecule has 3 heteroatoms. The lowest BCUT2D eigenvalue weighted by Gasteiger charge is -2.32. The summed E-state index contributed by atoms with van der Waals surface area (Å²) in [5, 5.41) is 0. The summed E-state index contributed by atoms with van der Waals surface area (Å²) in [5.41, 5.74) is 6.54. The van der Waals surface area contributed by atoms with E-state index in [4.69, 9.17) is 10.5 Å². The Morgan fingerprint density at radius 2 is 2.00 bits per heavy atom. The van der Waals surface area contributed by atoms with Gasteiger partial charge in [-0.15, -0.1) is 0 Å². The van der Waals surface area contributed by atoms with Gasteiger partial charge < -0.3 is 10.5 Å². The number of benzene rings is 1. The second kappa shape index (κ2) is 5.91. The van der Waals surface area contributed by atoms with E-state index in [1.54, 1.807) is 6.07 Å². The van der Waals surface area contributed by atoms with Crippen LogP contribution >= 0.6 is 0 Å². The van der Waals surface area contributed by atoms with Crippen LogP contribution in [0.5, 0.6) is 5.75 Å². The Bertz CT molecular complexity index is 433. The molecular formula is C16H24FNO. The van der Waals surface area contributed by atoms with Crippen LogP contribution in [0.1, 0.15) is 51.6 Å². The van der Waals surface area contributed by atoms with E-state index < -0.39 is 0 Å². The highest BCUT2D eigenvalue weighted by atomic mass is 19.1. The SMILES string of the molecule is CC(N)c1ccc(OC2CCC(C)C(C)C2)c(F)c1. The van der Waals surface area contributed by atoms with Crippen LogP contribution in [0.4, 0.5) is 4.39 Å². The number of ether oxygens (including phenoxy) is 1. The van der Waals surface area contributed by atoms with Gasteiger partial charge in [-0.1, -0.05) is 19.9 Å². The Morgan fingerprint density at radius 3 is 2.58 bits per heavy atom. The molecule has 2 rings (SSSR count). The van der Waals surface area contributed by atoms with Crippen molar-refractivity contribution in [3.8, 4) is 5.75 Å². The number of hydrogen-bond acceptors (Lipinski definition) is 2. The molecule has 4 unspecified atom stereocenters. The standard InChI is InChI=1S/C16H24FNO/c1-10-4-6-14(8-11(10)2)19-16-7-5-13(12(3)18)9-15(16)17/h5,7,9-12,14H,4,6,8,18H2,1-3H3. The molecule has 0 aliphatic heterocycles. The molecule has 0 bridgehead atoms. The first kappa shape index (κ1) is 14.3. The van der Waals surface area contributed by atoms with Gasteiger partial charge in [0.15, 0.2) is 11.6 Å². The molecule has 2 N–H and O–H groups in total. The fourth-order valence-electron chi connectivity index (χ4n) is 2.68. The summed E-state index contributed by atoms with van der Waals surface area (Å²) >= 11 is 0. The Kier molecular flexibility index (Phi) is 4.46. The van der Waals surface area contributed by atoms with Crippen LogP contribution in [-0.2, 0) is 0 Å². The van der Waals surface area contributed by atoms with Crippen LogP contribution in [0.2, 0.25) is 0 Å². The van der Waals surface area contributed by atoms with Gasteiger partial charge >= 0.3 is 0 Å². The molecule has 2 nitrogen and oxygen atoms in total. The van der Waals surface area contributed by atoms with Crippen molar-refractivity contribution in [1.82, 2.24) is 0 Å². The summed E-state index contributed by atoms with van der Waals surface area (Å²) in [5.74, 6) is 1.44. The summed E-state index contributed by atoms with van der Waals surface area (Å²) in [6, 6.07) is 4.88. The van der Waals surface area contributed by atoms with Crippen molar-refractivity contribution in [1.29, 1.82) is 0 Å². The van der Waals surface area contributed by atoms with Crippen LogP contribution in [0.25, 0.3) is 0 Å². The fraction of sp³-hybridized carbons (Fsp3) is 0.625. The second-order valence-corrected chi connectivity index (χ2v) is 5.99. The molecule has 1 saturated carbocycles. The number of halogens is 1. The smallest absolute Gasteiger partial charge is 0.165 e. The van der Waals surface area contributed by atoms with Gasteiger partial charge in [0.25, 0.3) is 0 Å². The summed E-state index contributed by atoms with van der Waals surface area (Å²) < 4.78 is 19.8. The second-order valence-electron chi connectivity index (χ2n) is 5.99. The normalized spacial score (nSPS) is 29.0. The molecule has 106 valence electrons. The van der Waals surface area contributed by atoms with Crippen LogP contribution in [0.15, 0.2) is 18.2 Å². The topological polar surface area (TPSA) is 35.2 Å². The van der Waals surface area contributed by atoms with Crippen molar-refractivity contribution in [2.45, 2.75) is 52.2 Å². The van der Waals surface area contributed by atoms with E-state index in [9.17, 15) is 4.39 Å². The third kappa shape index (κ3) is 3.47. The average molecular weight is 265 g/mol. The molecule has 0 heterocycles. The zero-order valence-corrected chi connectivity index (χ0v) is 12.0. The lowest BCUT2D eigenvalue weighted by molar-refractivity contribution is 0.0968. The van der Waals surface area contributed by atoms with E-state index in [0.29, 0.717) is 11.7 Å². The fourth-order valence-corrected chi connectivity index (χ4v) is 2.68. The zero-order valence-electron chi connectivity index (χ0n) is 12.0. The van der Waals surface area contributed by atoms with Gasteiger partial charge in [0.2, 0.25) is 0 Å². The minimum atomic E-state index is -0.305. The molecule has 4 atom stereocenters. The largest absolute Gasteiger partial charge is 0.487 e. The van der Waals surface area contributed by atoms with E-state index in [2.05, 4.69) is 13.8 Å². The van der Waals surface area contributed by atoms with E-state index in [-0.39, 0.29) is 18.0 Å². The number of nitrogens with two attached hydrogens (primary N) is 1. The third-order valence-corrected chi connectivity index (χ3v) is 4.33. The van der Waals surface area contributed by atoms with Crippen molar-refractivity contribution in [3.05, 3.63) is 29.6 Å². The highest BCUT2D eigenvalue weighted by Gasteiger charge is 2.26. The van der Waals surface area contributed by atoms with Crippen molar-refractivity contribution in [3.63, 3.8) is 0 Å². The van der Waals surface area contributed by atoms with E-state index in [1.165, 1.54) is 6.07 Å². The molecule has 0 spiro atoms. The average Bonchev–Trinajstić information content (AvgIpc) is 2.36. The molecule has 19 heavy (non-hydrogen) atoms. The van der Waals surface area contributed by atoms with Gasteiger partial charge in [-0.25, -0.2) is 4.39 Å². The third-order valence-electron chi connectivity index (χ3n) is 4.33. The lowest BCUT2D eigenvalue weighted by Crippen LogP contribution is -2.29. The molecule has 0 saturated heterocycles. The van der Waals surface area contributed by atoms with Gasteiger partial charge in [0.1, 0.15) is 0 Å². The first-order chi connectivity index (χ1) is 8.97. The Balaban J connectivity index is 2.03. The summed E-state index contributed by atoms with van der Waals surface area (Å²) in [6.07, 6.45) is 3.32. The molecular weight excluding hydrogens is 241 g/mol. The quantitative estimate of drug-likeness (QED) is 0.895. The monoisotopic (exact) mass is 265 g/mol. The maximum absolute atomic E-state index is 14.0. The van der Waals surface area contributed by atoms with E-state index in [0.717, 1.165) is 30.7 Å². The maximum Gasteiger partial charge on any atom is 0.165 e. The molecule has 1 fully saturated rings. The van der Waals surface area contributed by atoms with Crippen LogP contribution in [0.3, 0.4) is 0 Å². The van der Waals surface area contributed by atoms with Crippen molar-refractivity contribution >= 4 is 0 Å². The first-order valence-electron chi connectivity index (χ1n) is 7.19. The Labute approximate surface area is 115 Å². The van der Waals surface area contributed by atoms with Crippen LogP contribution in [0, 0.1) is 17.7 Å². The van der Waals surface area contributed by atoms with Crippen LogP contribution < -0.4 is 10.5 Å². The van der Waals surface area contributed by atoms with Crippen molar-refractivity contribution in [2.75, 3.05) is 0 Å². The summed E-state index contributed by atoms with van der Waals surface area (Å²) in [6.45, 7) is 6.37. The summed E-state index contributed by atoms with van der Waals surface area (Å²) in [4.78, 5) is 0. The predicted octanol–water partition coefficient (Wildman–Crippen LogP) is 4.05. The Hall–Kier alpha value is -1.09. The van der Waals surface area contributed by atoms with Crippen LogP contribution in [-0.4, -0.2) is 6.10 Å². The van der Waals surface area contributed by atoms with Gasteiger partial charge in [-0.2, -0.15) is 0 Å². The maximum atomic E-state index is 14.0. The molecule has 0 amide bonds. The van der Waals surface area contributed by atoms with Gasteiger partial charge in [0, 0.05) is 6.04 Å². The van der Waals surface area contributed by atoms with Crippen molar-refractivity contribution in [2.24, 2.45) is 17.6 Å². The molecule has 1 aliphatic rings.